The van der Waals surface area contributed by atoms with E-state index < -0.39 is 6.09 Å². The van der Waals surface area contributed by atoms with Gasteiger partial charge in [0.1, 0.15) is 0 Å². The van der Waals surface area contributed by atoms with Crippen LogP contribution in [0.3, 0.4) is 0 Å². The average molecular weight is 309 g/mol. The van der Waals surface area contributed by atoms with Gasteiger partial charge in [0.2, 0.25) is 0 Å². The number of hydrogen-bond donors (Lipinski definition) is 2. The van der Waals surface area contributed by atoms with Crippen molar-refractivity contribution in [1.82, 2.24) is 10.2 Å². The van der Waals surface area contributed by atoms with Crippen molar-refractivity contribution in [3.8, 4) is 0 Å². The van der Waals surface area contributed by atoms with E-state index in [0.29, 0.717) is 0 Å². The number of amides is 3. The second kappa shape index (κ2) is 6.07. The molecule has 0 heterocycles. The molecule has 6 heteroatoms. The molecule has 0 aromatic heterocycles. The van der Waals surface area contributed by atoms with Crippen LogP contribution in [-0.4, -0.2) is 42.3 Å². The predicted octanol–water partition coefficient (Wildman–Crippen LogP) is 2.08. The SMILES string of the molecule is CCOC(=O)N(CCN)C(=O)NC12CC3CC(CC(C3)C1)C2. The standard InChI is InChI=1S/C16H27N3O3/c1-2-22-15(21)19(4-3-17)14(20)18-16-8-11-5-12(9-16)7-13(6-11)10-16/h11-13H,2-10,17H2,1H3,(H,18,20). The topological polar surface area (TPSA) is 84.7 Å². The molecule has 3 N–H and O–H groups in total. The first-order chi connectivity index (χ1) is 10.5. The Bertz CT molecular complexity index is 417. The van der Waals surface area contributed by atoms with E-state index in [1.807, 2.05) is 0 Å². The Kier molecular flexibility index (Phi) is 4.30. The van der Waals surface area contributed by atoms with Gasteiger partial charge in [-0.2, -0.15) is 0 Å². The van der Waals surface area contributed by atoms with Crippen LogP contribution in [0.5, 0.6) is 0 Å². The normalized spacial score (nSPS) is 35.3. The average Bonchev–Trinajstić information content (AvgIpc) is 2.42. The zero-order valence-electron chi connectivity index (χ0n) is 13.3. The van der Waals surface area contributed by atoms with Crippen LogP contribution in [0.25, 0.3) is 0 Å². The summed E-state index contributed by atoms with van der Waals surface area (Å²) in [5.74, 6) is 2.24. The Morgan fingerprint density at radius 2 is 1.73 bits per heavy atom. The van der Waals surface area contributed by atoms with Crippen molar-refractivity contribution in [3.63, 3.8) is 0 Å². The summed E-state index contributed by atoms with van der Waals surface area (Å²) in [5.41, 5.74) is 5.43. The minimum atomic E-state index is -0.602. The molecule has 0 saturated heterocycles. The van der Waals surface area contributed by atoms with Crippen LogP contribution in [-0.2, 0) is 4.74 Å². The molecule has 0 aliphatic heterocycles. The first kappa shape index (κ1) is 15.6. The van der Waals surface area contributed by atoms with Crippen molar-refractivity contribution in [2.24, 2.45) is 23.5 Å². The first-order valence-electron chi connectivity index (χ1n) is 8.51. The van der Waals surface area contributed by atoms with Crippen molar-refractivity contribution in [1.29, 1.82) is 0 Å². The van der Waals surface area contributed by atoms with Gasteiger partial charge in [-0.05, 0) is 63.2 Å². The number of imide groups is 1. The molecule has 4 bridgehead atoms. The monoisotopic (exact) mass is 309 g/mol. The van der Waals surface area contributed by atoms with E-state index in [4.69, 9.17) is 10.5 Å². The summed E-state index contributed by atoms with van der Waals surface area (Å²) in [6.45, 7) is 2.42. The highest BCUT2D eigenvalue weighted by molar-refractivity contribution is 5.91. The fourth-order valence-corrected chi connectivity index (χ4v) is 5.16. The van der Waals surface area contributed by atoms with Crippen molar-refractivity contribution in [2.45, 2.75) is 51.0 Å². The third-order valence-electron chi connectivity index (χ3n) is 5.50. The summed E-state index contributed by atoms with van der Waals surface area (Å²) in [6.07, 6.45) is 6.53. The third kappa shape index (κ3) is 2.93. The molecule has 0 radical (unpaired) electrons. The number of rotatable bonds is 4. The molecular weight excluding hydrogens is 282 g/mol. The lowest BCUT2D eigenvalue weighted by atomic mass is 9.53. The van der Waals surface area contributed by atoms with Gasteiger partial charge in [0.05, 0.1) is 6.61 Å². The molecule has 0 aromatic rings. The maximum absolute atomic E-state index is 12.6. The van der Waals surface area contributed by atoms with E-state index in [1.54, 1.807) is 6.92 Å². The van der Waals surface area contributed by atoms with Gasteiger partial charge in [-0.3, -0.25) is 0 Å². The molecule has 4 rings (SSSR count). The number of nitrogens with zero attached hydrogens (tertiary/aromatic N) is 1. The lowest BCUT2D eigenvalue weighted by Gasteiger charge is -2.57. The van der Waals surface area contributed by atoms with E-state index in [2.05, 4.69) is 5.32 Å². The van der Waals surface area contributed by atoms with Gasteiger partial charge in [0.25, 0.3) is 0 Å². The summed E-state index contributed by atoms with van der Waals surface area (Å²) in [7, 11) is 0. The molecular formula is C16H27N3O3. The quantitative estimate of drug-likeness (QED) is 0.832. The van der Waals surface area contributed by atoms with Gasteiger partial charge in [0.15, 0.2) is 0 Å². The number of hydrogen-bond acceptors (Lipinski definition) is 4. The smallest absolute Gasteiger partial charge is 0.418 e. The molecule has 0 atom stereocenters. The molecule has 6 nitrogen and oxygen atoms in total. The minimum absolute atomic E-state index is 0.106. The molecule has 4 aliphatic carbocycles. The van der Waals surface area contributed by atoms with Crippen LogP contribution in [0.15, 0.2) is 0 Å². The van der Waals surface area contributed by atoms with Crippen LogP contribution in [0, 0.1) is 17.8 Å². The second-order valence-electron chi connectivity index (χ2n) is 7.27. The van der Waals surface area contributed by atoms with Gasteiger partial charge in [-0.1, -0.05) is 0 Å². The van der Waals surface area contributed by atoms with E-state index in [0.717, 1.165) is 41.9 Å². The third-order valence-corrected chi connectivity index (χ3v) is 5.50. The van der Waals surface area contributed by atoms with E-state index >= 15 is 0 Å². The summed E-state index contributed by atoms with van der Waals surface area (Å²) in [4.78, 5) is 25.7. The van der Waals surface area contributed by atoms with Crippen LogP contribution in [0.1, 0.15) is 45.4 Å². The molecule has 0 unspecified atom stereocenters. The molecule has 4 aliphatic rings. The Morgan fingerprint density at radius 1 is 1.18 bits per heavy atom. The number of urea groups is 1. The van der Waals surface area contributed by atoms with Crippen molar-refractivity contribution >= 4 is 12.1 Å². The number of carbonyl (C=O) groups excluding carboxylic acids is 2. The van der Waals surface area contributed by atoms with Crippen molar-refractivity contribution < 1.29 is 14.3 Å². The van der Waals surface area contributed by atoms with Gasteiger partial charge < -0.3 is 15.8 Å². The van der Waals surface area contributed by atoms with E-state index in [1.165, 1.54) is 19.3 Å². The Morgan fingerprint density at radius 3 is 2.18 bits per heavy atom. The van der Waals surface area contributed by atoms with E-state index in [-0.39, 0.29) is 31.3 Å². The van der Waals surface area contributed by atoms with Crippen LogP contribution in [0.4, 0.5) is 9.59 Å². The van der Waals surface area contributed by atoms with Crippen LogP contribution in [0.2, 0.25) is 0 Å². The maximum atomic E-state index is 12.6. The summed E-state index contributed by atoms with van der Waals surface area (Å²) >= 11 is 0. The van der Waals surface area contributed by atoms with E-state index in [9.17, 15) is 9.59 Å². The summed E-state index contributed by atoms with van der Waals surface area (Å²) < 4.78 is 4.97. The van der Waals surface area contributed by atoms with Crippen molar-refractivity contribution in [2.75, 3.05) is 19.7 Å². The predicted molar refractivity (Wildman–Crippen MR) is 82.2 cm³/mol. The molecule has 124 valence electrons. The van der Waals surface area contributed by atoms with Crippen LogP contribution >= 0.6 is 0 Å². The number of carbonyl (C=O) groups is 2. The molecule has 4 fully saturated rings. The first-order valence-corrected chi connectivity index (χ1v) is 8.51. The Labute approximate surface area is 131 Å². The Hall–Kier alpha value is -1.30. The summed E-state index contributed by atoms with van der Waals surface area (Å²) in [6, 6.07) is -0.342. The molecule has 0 aromatic carbocycles. The molecule has 4 saturated carbocycles. The lowest BCUT2D eigenvalue weighted by Crippen LogP contribution is -2.62. The van der Waals surface area contributed by atoms with Gasteiger partial charge in [0, 0.05) is 18.6 Å². The zero-order valence-corrected chi connectivity index (χ0v) is 13.3. The van der Waals surface area contributed by atoms with Gasteiger partial charge >= 0.3 is 12.1 Å². The van der Waals surface area contributed by atoms with Crippen LogP contribution < -0.4 is 11.1 Å². The van der Waals surface area contributed by atoms with Gasteiger partial charge in [-0.15, -0.1) is 0 Å². The molecule has 3 amide bonds. The highest BCUT2D eigenvalue weighted by atomic mass is 16.6. The van der Waals surface area contributed by atoms with Gasteiger partial charge in [-0.25, -0.2) is 14.5 Å². The number of ether oxygens (including phenoxy) is 1. The minimum Gasteiger partial charge on any atom is -0.449 e. The number of nitrogens with one attached hydrogen (secondary N) is 1. The van der Waals surface area contributed by atoms with Crippen molar-refractivity contribution in [3.05, 3.63) is 0 Å². The molecule has 0 spiro atoms. The second-order valence-corrected chi connectivity index (χ2v) is 7.27. The lowest BCUT2D eigenvalue weighted by molar-refractivity contribution is -0.0155. The highest BCUT2D eigenvalue weighted by Gasteiger charge is 2.52. The zero-order chi connectivity index (χ0) is 15.7. The highest BCUT2D eigenvalue weighted by Crippen LogP contribution is 2.55. The fourth-order valence-electron chi connectivity index (χ4n) is 5.16. The fraction of sp³-hybridized carbons (Fsp3) is 0.875. The largest absolute Gasteiger partial charge is 0.449 e. The number of nitrogens with two attached hydrogens (primary N) is 1. The molecule has 22 heavy (non-hydrogen) atoms. The maximum Gasteiger partial charge on any atom is 0.418 e. The Balaban J connectivity index is 1.68. The summed E-state index contributed by atoms with van der Waals surface area (Å²) in [5, 5.41) is 3.18.